The normalized spacial score (nSPS) is 10.4. The van der Waals surface area contributed by atoms with Crippen molar-refractivity contribution >= 4 is 22.6 Å². The Morgan fingerprint density at radius 2 is 1.61 bits per heavy atom. The van der Waals surface area contributed by atoms with Gasteiger partial charge in [0.1, 0.15) is 0 Å². The first-order valence-corrected chi connectivity index (χ1v) is 8.74. The van der Waals surface area contributed by atoms with Crippen molar-refractivity contribution in [3.8, 4) is 0 Å². The van der Waals surface area contributed by atoms with E-state index in [1.54, 1.807) is 38.1 Å². The van der Waals surface area contributed by atoms with Crippen molar-refractivity contribution in [2.75, 3.05) is 0 Å². The summed E-state index contributed by atoms with van der Waals surface area (Å²) in [6, 6.07) is 16.1. The number of nitrogens with one attached hydrogen (secondary N) is 2. The number of amides is 2. The number of carbonyl (C=O) groups excluding carboxylic acids is 2. The van der Waals surface area contributed by atoms with Gasteiger partial charge in [-0.05, 0) is 25.5 Å². The molecule has 0 fully saturated rings. The Morgan fingerprint density at radius 3 is 2.29 bits per heavy atom. The molecular formula is C21H20N4O3. The summed E-state index contributed by atoms with van der Waals surface area (Å²) in [4.78, 5) is 37.2. The van der Waals surface area contributed by atoms with E-state index in [4.69, 9.17) is 0 Å². The van der Waals surface area contributed by atoms with Crippen LogP contribution >= 0.6 is 0 Å². The second-order valence-electron chi connectivity index (χ2n) is 6.51. The minimum atomic E-state index is -0.603. The second kappa shape index (κ2) is 8.30. The Balaban J connectivity index is 1.98. The third kappa shape index (κ3) is 4.32. The Bertz CT molecular complexity index is 1110. The minimum absolute atomic E-state index is 0.0589. The summed E-state index contributed by atoms with van der Waals surface area (Å²) in [6.07, 6.45) is 1.36. The average Bonchev–Trinajstić information content (AvgIpc) is 2.68. The molecule has 0 unspecified atom stereocenters. The molecule has 28 heavy (non-hydrogen) atoms. The van der Waals surface area contributed by atoms with E-state index in [0.717, 1.165) is 11.1 Å². The molecule has 7 nitrogen and oxygen atoms in total. The fourth-order valence-corrected chi connectivity index (χ4v) is 2.74. The first-order valence-electron chi connectivity index (χ1n) is 8.74. The molecule has 1 aromatic heterocycles. The smallest absolute Gasteiger partial charge is 0.268 e. The summed E-state index contributed by atoms with van der Waals surface area (Å²) in [5.74, 6) is -1.05. The standard InChI is InChI=1S/C21H20N4O3/c1-14(2)12-18(26)22-23-20(27)19-16-10-6-7-11-17(16)21(28)25(24-19)13-15-8-4-3-5-9-15/h3-12H,13H2,1-2H3,(H,22,26)(H,23,27). The van der Waals surface area contributed by atoms with Gasteiger partial charge in [-0.25, -0.2) is 4.68 Å². The van der Waals surface area contributed by atoms with Crippen molar-refractivity contribution in [2.24, 2.45) is 0 Å². The van der Waals surface area contributed by atoms with E-state index in [1.165, 1.54) is 10.8 Å². The number of carbonyl (C=O) groups is 2. The lowest BCUT2D eigenvalue weighted by Gasteiger charge is -2.11. The topological polar surface area (TPSA) is 93.1 Å². The van der Waals surface area contributed by atoms with E-state index in [9.17, 15) is 14.4 Å². The van der Waals surface area contributed by atoms with Gasteiger partial charge in [0.15, 0.2) is 5.69 Å². The fraction of sp³-hybridized carbons (Fsp3) is 0.143. The SMILES string of the molecule is CC(C)=CC(=O)NNC(=O)c1nn(Cc2ccccc2)c(=O)c2ccccc12. The lowest BCUT2D eigenvalue weighted by atomic mass is 10.1. The van der Waals surface area contributed by atoms with E-state index >= 15 is 0 Å². The van der Waals surface area contributed by atoms with Crippen LogP contribution in [-0.4, -0.2) is 21.6 Å². The maximum atomic E-state index is 12.8. The molecule has 0 aliphatic carbocycles. The lowest BCUT2D eigenvalue weighted by molar-refractivity contribution is -0.117. The lowest BCUT2D eigenvalue weighted by Crippen LogP contribution is -2.42. The van der Waals surface area contributed by atoms with Crippen molar-refractivity contribution in [2.45, 2.75) is 20.4 Å². The molecule has 0 bridgehead atoms. The fourth-order valence-electron chi connectivity index (χ4n) is 2.74. The Kier molecular flexibility index (Phi) is 5.64. The van der Waals surface area contributed by atoms with Crippen molar-refractivity contribution < 1.29 is 9.59 Å². The summed E-state index contributed by atoms with van der Waals surface area (Å²) >= 11 is 0. The maximum absolute atomic E-state index is 12.8. The Labute approximate surface area is 161 Å². The second-order valence-corrected chi connectivity index (χ2v) is 6.51. The van der Waals surface area contributed by atoms with Crippen LogP contribution in [-0.2, 0) is 11.3 Å². The number of hydrazine groups is 1. The van der Waals surface area contributed by atoms with Crippen LogP contribution in [0.2, 0.25) is 0 Å². The number of nitrogens with zero attached hydrogens (tertiary/aromatic N) is 2. The molecule has 7 heteroatoms. The average molecular weight is 376 g/mol. The molecule has 3 rings (SSSR count). The van der Waals surface area contributed by atoms with Crippen LogP contribution in [0.3, 0.4) is 0 Å². The van der Waals surface area contributed by atoms with E-state index in [-0.39, 0.29) is 17.8 Å². The Hall–Kier alpha value is -3.74. The summed E-state index contributed by atoms with van der Waals surface area (Å²) in [5, 5.41) is 5.07. The van der Waals surface area contributed by atoms with Gasteiger partial charge in [-0.3, -0.25) is 25.2 Å². The van der Waals surface area contributed by atoms with Gasteiger partial charge in [0.05, 0.1) is 11.9 Å². The monoisotopic (exact) mass is 376 g/mol. The van der Waals surface area contributed by atoms with E-state index < -0.39 is 11.8 Å². The first-order chi connectivity index (χ1) is 13.5. The van der Waals surface area contributed by atoms with Gasteiger partial charge in [-0.15, -0.1) is 0 Å². The zero-order valence-electron chi connectivity index (χ0n) is 15.6. The minimum Gasteiger partial charge on any atom is -0.268 e. The molecule has 0 saturated heterocycles. The molecule has 0 spiro atoms. The van der Waals surface area contributed by atoms with Gasteiger partial charge < -0.3 is 0 Å². The molecule has 1 heterocycles. The largest absolute Gasteiger partial charge is 0.290 e. The molecule has 0 aliphatic heterocycles. The number of hydrogen-bond acceptors (Lipinski definition) is 4. The van der Waals surface area contributed by atoms with E-state index in [2.05, 4.69) is 16.0 Å². The summed E-state index contributed by atoms with van der Waals surface area (Å²) in [7, 11) is 0. The maximum Gasteiger partial charge on any atom is 0.290 e. The number of benzene rings is 2. The molecule has 2 N–H and O–H groups in total. The van der Waals surface area contributed by atoms with Gasteiger partial charge in [0.2, 0.25) is 0 Å². The van der Waals surface area contributed by atoms with Gasteiger partial charge in [0.25, 0.3) is 17.4 Å². The molecule has 2 aromatic carbocycles. The summed E-state index contributed by atoms with van der Waals surface area (Å²) in [5.41, 5.74) is 6.12. The molecule has 0 aliphatic rings. The molecule has 0 saturated carbocycles. The highest BCUT2D eigenvalue weighted by Gasteiger charge is 2.17. The van der Waals surface area contributed by atoms with Crippen molar-refractivity contribution in [1.29, 1.82) is 0 Å². The van der Waals surface area contributed by atoms with Crippen molar-refractivity contribution in [3.05, 3.63) is 87.9 Å². The molecule has 142 valence electrons. The zero-order chi connectivity index (χ0) is 20.1. The van der Waals surface area contributed by atoms with Crippen LogP contribution in [0.4, 0.5) is 0 Å². The van der Waals surface area contributed by atoms with Gasteiger partial charge in [-0.2, -0.15) is 5.10 Å². The predicted molar refractivity (Wildman–Crippen MR) is 107 cm³/mol. The number of rotatable bonds is 4. The third-order valence-electron chi connectivity index (χ3n) is 3.98. The molecule has 3 aromatic rings. The van der Waals surface area contributed by atoms with Crippen LogP contribution in [0.25, 0.3) is 10.8 Å². The summed E-state index contributed by atoms with van der Waals surface area (Å²) < 4.78 is 1.25. The first kappa shape index (κ1) is 19.0. The number of hydrogen-bond donors (Lipinski definition) is 2. The highest BCUT2D eigenvalue weighted by molar-refractivity contribution is 6.05. The van der Waals surface area contributed by atoms with Gasteiger partial charge in [-0.1, -0.05) is 54.1 Å². The molecule has 0 atom stereocenters. The molecular weight excluding hydrogens is 356 g/mol. The predicted octanol–water partition coefficient (Wildman–Crippen LogP) is 2.17. The number of fused-ring (bicyclic) bond motifs is 1. The van der Waals surface area contributed by atoms with Crippen molar-refractivity contribution in [3.63, 3.8) is 0 Å². The van der Waals surface area contributed by atoms with Crippen LogP contribution in [0.1, 0.15) is 29.9 Å². The quantitative estimate of drug-likeness (QED) is 0.539. The number of allylic oxidation sites excluding steroid dienone is 1. The number of aromatic nitrogens is 2. The van der Waals surface area contributed by atoms with Crippen LogP contribution in [0.15, 0.2) is 71.0 Å². The van der Waals surface area contributed by atoms with Crippen LogP contribution in [0.5, 0.6) is 0 Å². The summed E-state index contributed by atoms with van der Waals surface area (Å²) in [6.45, 7) is 3.78. The Morgan fingerprint density at radius 1 is 0.964 bits per heavy atom. The highest BCUT2D eigenvalue weighted by atomic mass is 16.2. The van der Waals surface area contributed by atoms with Gasteiger partial charge in [0, 0.05) is 11.5 Å². The highest BCUT2D eigenvalue weighted by Crippen LogP contribution is 2.13. The van der Waals surface area contributed by atoms with E-state index in [1.807, 2.05) is 30.3 Å². The third-order valence-corrected chi connectivity index (χ3v) is 3.98. The van der Waals surface area contributed by atoms with Gasteiger partial charge >= 0.3 is 0 Å². The van der Waals surface area contributed by atoms with Crippen molar-refractivity contribution in [1.82, 2.24) is 20.6 Å². The van der Waals surface area contributed by atoms with Crippen LogP contribution in [0, 0.1) is 0 Å². The van der Waals surface area contributed by atoms with E-state index in [0.29, 0.717) is 10.8 Å². The molecule has 2 amide bonds. The van der Waals surface area contributed by atoms with Crippen LogP contribution < -0.4 is 16.4 Å². The molecule has 0 radical (unpaired) electrons. The zero-order valence-corrected chi connectivity index (χ0v) is 15.6.